The third kappa shape index (κ3) is 4.72. The van der Waals surface area contributed by atoms with Gasteiger partial charge >= 0.3 is 0 Å². The van der Waals surface area contributed by atoms with Crippen LogP contribution in [0.25, 0.3) is 0 Å². The number of anilines is 1. The summed E-state index contributed by atoms with van der Waals surface area (Å²) in [4.78, 5) is 4.02. The van der Waals surface area contributed by atoms with Crippen molar-refractivity contribution in [3.8, 4) is 0 Å². The molecule has 0 radical (unpaired) electrons. The molecule has 0 spiro atoms. The van der Waals surface area contributed by atoms with Crippen molar-refractivity contribution in [2.75, 3.05) is 17.4 Å². The highest BCUT2D eigenvalue weighted by atomic mass is 35.5. The van der Waals surface area contributed by atoms with Crippen molar-refractivity contribution in [3.05, 3.63) is 81.5 Å². The van der Waals surface area contributed by atoms with E-state index in [0.717, 1.165) is 38.0 Å². The molecule has 3 aromatic rings. The monoisotopic (exact) mass is 460 g/mol. The molecule has 1 aromatic heterocycles. The van der Waals surface area contributed by atoms with Crippen molar-refractivity contribution in [3.63, 3.8) is 0 Å². The molecule has 30 heavy (non-hydrogen) atoms. The van der Waals surface area contributed by atoms with Gasteiger partial charge < -0.3 is 0 Å². The van der Waals surface area contributed by atoms with Gasteiger partial charge in [-0.25, -0.2) is 8.42 Å². The molecule has 4 nitrogen and oxygen atoms in total. The Kier molecular flexibility index (Phi) is 6.48. The molecule has 0 unspecified atom stereocenters. The number of rotatable bonds is 6. The third-order valence-electron chi connectivity index (χ3n) is 5.51. The molecule has 0 saturated carbocycles. The standard InChI is InChI=1S/C23H25ClN2O2S2/c1-18-4-8-20(9-5-18)26(30(27,28)23-10-6-19(24)7-11-23)21-12-14-25(15-13-21)17-22-3-2-16-29-22/h2-11,16,21H,12-15,17H2,1H3. The van der Waals surface area contributed by atoms with Crippen LogP contribution in [-0.2, 0) is 16.6 Å². The molecule has 158 valence electrons. The van der Waals surface area contributed by atoms with Crippen LogP contribution in [0, 0.1) is 6.92 Å². The molecule has 0 bridgehead atoms. The first-order valence-electron chi connectivity index (χ1n) is 10.0. The van der Waals surface area contributed by atoms with Gasteiger partial charge in [-0.15, -0.1) is 11.3 Å². The molecule has 0 aliphatic carbocycles. The van der Waals surface area contributed by atoms with E-state index in [4.69, 9.17) is 11.6 Å². The molecule has 0 N–H and O–H groups in total. The van der Waals surface area contributed by atoms with E-state index in [1.54, 1.807) is 39.9 Å². The van der Waals surface area contributed by atoms with Crippen LogP contribution < -0.4 is 4.31 Å². The van der Waals surface area contributed by atoms with Crippen molar-refractivity contribution in [2.24, 2.45) is 0 Å². The predicted octanol–water partition coefficient (Wildman–Crippen LogP) is 5.57. The van der Waals surface area contributed by atoms with E-state index in [0.29, 0.717) is 10.7 Å². The van der Waals surface area contributed by atoms with Crippen molar-refractivity contribution >= 4 is 38.6 Å². The number of sulfonamides is 1. The van der Waals surface area contributed by atoms with Gasteiger partial charge in [0.1, 0.15) is 0 Å². The molecule has 1 fully saturated rings. The summed E-state index contributed by atoms with van der Waals surface area (Å²) in [6, 6.07) is 18.3. The minimum atomic E-state index is -3.69. The van der Waals surface area contributed by atoms with Crippen LogP contribution in [0.4, 0.5) is 5.69 Å². The van der Waals surface area contributed by atoms with E-state index in [1.165, 1.54) is 4.88 Å². The summed E-state index contributed by atoms with van der Waals surface area (Å²) in [6.07, 6.45) is 1.60. The Balaban J connectivity index is 1.60. The fraction of sp³-hybridized carbons (Fsp3) is 0.304. The zero-order valence-corrected chi connectivity index (χ0v) is 19.3. The van der Waals surface area contributed by atoms with Gasteiger partial charge in [0.25, 0.3) is 10.0 Å². The number of hydrogen-bond acceptors (Lipinski definition) is 4. The van der Waals surface area contributed by atoms with Gasteiger partial charge in [-0.1, -0.05) is 35.4 Å². The Morgan fingerprint density at radius 1 is 1.03 bits per heavy atom. The molecule has 1 saturated heterocycles. The summed E-state index contributed by atoms with van der Waals surface area (Å²) in [5.41, 5.74) is 1.82. The lowest BCUT2D eigenvalue weighted by Gasteiger charge is -2.39. The highest BCUT2D eigenvalue weighted by Crippen LogP contribution is 2.31. The maximum atomic E-state index is 13.6. The van der Waals surface area contributed by atoms with E-state index in [-0.39, 0.29) is 10.9 Å². The minimum Gasteiger partial charge on any atom is -0.298 e. The normalized spacial score (nSPS) is 15.9. The lowest BCUT2D eigenvalue weighted by Crippen LogP contribution is -2.47. The van der Waals surface area contributed by atoms with E-state index in [9.17, 15) is 8.42 Å². The van der Waals surface area contributed by atoms with Gasteiger partial charge in [0.15, 0.2) is 0 Å². The van der Waals surface area contributed by atoms with Crippen molar-refractivity contribution in [2.45, 2.75) is 37.2 Å². The molecular formula is C23H25ClN2O2S2. The molecule has 7 heteroatoms. The van der Waals surface area contributed by atoms with Crippen LogP contribution in [0.5, 0.6) is 0 Å². The average molecular weight is 461 g/mol. The molecule has 0 amide bonds. The second-order valence-corrected chi connectivity index (χ2v) is 11.0. The number of piperidine rings is 1. The Labute approximate surface area is 187 Å². The van der Waals surface area contributed by atoms with E-state index < -0.39 is 10.0 Å². The van der Waals surface area contributed by atoms with Gasteiger partial charge in [-0.05, 0) is 67.6 Å². The first kappa shape index (κ1) is 21.4. The quantitative estimate of drug-likeness (QED) is 0.482. The Morgan fingerprint density at radius 2 is 1.70 bits per heavy atom. The molecule has 4 rings (SSSR count). The molecule has 2 heterocycles. The summed E-state index contributed by atoms with van der Waals surface area (Å²) < 4.78 is 28.9. The fourth-order valence-corrected chi connectivity index (χ4v) is 6.47. The van der Waals surface area contributed by atoms with Gasteiger partial charge in [0, 0.05) is 35.6 Å². The number of halogens is 1. The van der Waals surface area contributed by atoms with E-state index >= 15 is 0 Å². The zero-order chi connectivity index (χ0) is 21.1. The van der Waals surface area contributed by atoms with Gasteiger partial charge in [0.2, 0.25) is 0 Å². The number of hydrogen-bond donors (Lipinski definition) is 0. The van der Waals surface area contributed by atoms with Crippen LogP contribution in [0.2, 0.25) is 5.02 Å². The smallest absolute Gasteiger partial charge is 0.264 e. The maximum absolute atomic E-state index is 13.6. The number of likely N-dealkylation sites (tertiary alicyclic amines) is 1. The number of nitrogens with zero attached hydrogens (tertiary/aromatic N) is 2. The van der Waals surface area contributed by atoms with Crippen LogP contribution in [0.1, 0.15) is 23.3 Å². The van der Waals surface area contributed by atoms with Crippen molar-refractivity contribution in [1.29, 1.82) is 0 Å². The Morgan fingerprint density at radius 3 is 2.30 bits per heavy atom. The zero-order valence-electron chi connectivity index (χ0n) is 16.9. The lowest BCUT2D eigenvalue weighted by atomic mass is 10.0. The van der Waals surface area contributed by atoms with Gasteiger partial charge in [-0.3, -0.25) is 9.21 Å². The van der Waals surface area contributed by atoms with Crippen LogP contribution >= 0.6 is 22.9 Å². The van der Waals surface area contributed by atoms with E-state index in [2.05, 4.69) is 22.4 Å². The summed E-state index contributed by atoms with van der Waals surface area (Å²) in [7, 11) is -3.69. The van der Waals surface area contributed by atoms with Crippen LogP contribution in [0.3, 0.4) is 0 Å². The second-order valence-electron chi connectivity index (χ2n) is 7.68. The lowest BCUT2D eigenvalue weighted by molar-refractivity contribution is 0.208. The first-order chi connectivity index (χ1) is 14.4. The summed E-state index contributed by atoms with van der Waals surface area (Å²) in [5, 5.41) is 2.62. The predicted molar refractivity (Wildman–Crippen MR) is 125 cm³/mol. The average Bonchev–Trinajstić information content (AvgIpc) is 3.24. The van der Waals surface area contributed by atoms with Crippen molar-refractivity contribution in [1.82, 2.24) is 4.90 Å². The largest absolute Gasteiger partial charge is 0.298 e. The highest BCUT2D eigenvalue weighted by molar-refractivity contribution is 7.92. The molecule has 0 atom stereocenters. The number of benzene rings is 2. The SMILES string of the molecule is Cc1ccc(N(C2CCN(Cc3cccs3)CC2)S(=O)(=O)c2ccc(Cl)cc2)cc1. The van der Waals surface area contributed by atoms with Gasteiger partial charge in [-0.2, -0.15) is 0 Å². The topological polar surface area (TPSA) is 40.6 Å². The fourth-order valence-electron chi connectivity index (χ4n) is 3.89. The molecule has 1 aliphatic rings. The minimum absolute atomic E-state index is 0.0760. The maximum Gasteiger partial charge on any atom is 0.264 e. The second kappa shape index (κ2) is 9.10. The van der Waals surface area contributed by atoms with Gasteiger partial charge in [0.05, 0.1) is 10.6 Å². The summed E-state index contributed by atoms with van der Waals surface area (Å²) in [6.45, 7) is 4.69. The Bertz CT molecular complexity index is 1060. The molecule has 1 aliphatic heterocycles. The molecule has 2 aromatic carbocycles. The van der Waals surface area contributed by atoms with Crippen molar-refractivity contribution < 1.29 is 8.42 Å². The Hall–Kier alpha value is -1.86. The molecular weight excluding hydrogens is 436 g/mol. The summed E-state index contributed by atoms with van der Waals surface area (Å²) >= 11 is 7.75. The summed E-state index contributed by atoms with van der Waals surface area (Å²) in [5.74, 6) is 0. The van der Waals surface area contributed by atoms with Crippen LogP contribution in [0.15, 0.2) is 70.9 Å². The first-order valence-corrected chi connectivity index (χ1v) is 12.7. The number of thiophene rings is 1. The third-order valence-corrected chi connectivity index (χ3v) is 8.52. The van der Waals surface area contributed by atoms with Crippen LogP contribution in [-0.4, -0.2) is 32.4 Å². The van der Waals surface area contributed by atoms with E-state index in [1.807, 2.05) is 31.2 Å². The number of aryl methyl sites for hydroxylation is 1. The highest BCUT2D eigenvalue weighted by Gasteiger charge is 2.34.